The summed E-state index contributed by atoms with van der Waals surface area (Å²) in [7, 11) is 0. The van der Waals surface area contributed by atoms with Crippen LogP contribution >= 0.6 is 11.3 Å². The summed E-state index contributed by atoms with van der Waals surface area (Å²) in [6, 6.07) is 10.2. The Morgan fingerprint density at radius 3 is 2.47 bits per heavy atom. The summed E-state index contributed by atoms with van der Waals surface area (Å²) in [6.45, 7) is 0. The predicted molar refractivity (Wildman–Crippen MR) is 67.7 cm³/mol. The van der Waals surface area contributed by atoms with E-state index in [9.17, 15) is 9.90 Å². The number of benzene rings is 1. The zero-order valence-corrected chi connectivity index (χ0v) is 9.85. The summed E-state index contributed by atoms with van der Waals surface area (Å²) in [4.78, 5) is 11.3. The Bertz CT molecular complexity index is 481. The molecule has 2 aromatic rings. The minimum Gasteiger partial charge on any atom is -0.480 e. The van der Waals surface area contributed by atoms with Gasteiger partial charge in [-0.2, -0.15) is 11.3 Å². The maximum Gasteiger partial charge on any atom is 0.317 e. The molecule has 0 aliphatic carbocycles. The largest absolute Gasteiger partial charge is 0.480 e. The zero-order chi connectivity index (χ0) is 12.3. The van der Waals surface area contributed by atoms with E-state index in [1.165, 1.54) is 11.3 Å². The third kappa shape index (κ3) is 2.54. The lowest BCUT2D eigenvalue weighted by Gasteiger charge is -2.18. The summed E-state index contributed by atoms with van der Waals surface area (Å²) >= 11 is 1.51. The molecule has 1 aromatic carbocycles. The highest BCUT2D eigenvalue weighted by Crippen LogP contribution is 2.29. The van der Waals surface area contributed by atoms with Crippen LogP contribution in [-0.4, -0.2) is 11.1 Å². The number of rotatable bonds is 4. The molecule has 3 nitrogen and oxygen atoms in total. The van der Waals surface area contributed by atoms with E-state index in [0.717, 1.165) is 5.56 Å². The van der Waals surface area contributed by atoms with Crippen LogP contribution in [-0.2, 0) is 4.79 Å². The molecule has 0 aliphatic rings. The molecule has 1 unspecified atom stereocenters. The number of hydrogen-bond donors (Lipinski definition) is 2. The molecule has 1 aromatic heterocycles. The van der Waals surface area contributed by atoms with Gasteiger partial charge in [0.1, 0.15) is 5.92 Å². The molecule has 0 fully saturated rings. The molecule has 0 bridgehead atoms. The number of carboxylic acids is 1. The molecule has 0 amide bonds. The Hall–Kier alpha value is -1.65. The number of carboxylic acid groups (broad SMARTS) is 1. The normalized spacial score (nSPS) is 12.6. The third-order valence-corrected chi connectivity index (χ3v) is 3.23. The van der Waals surface area contributed by atoms with Gasteiger partial charge in [-0.05, 0) is 28.0 Å². The zero-order valence-electron chi connectivity index (χ0n) is 9.04. The highest BCUT2D eigenvalue weighted by molar-refractivity contribution is 7.08. The van der Waals surface area contributed by atoms with Gasteiger partial charge in [0.05, 0.1) is 6.04 Å². The van der Waals surface area contributed by atoms with Crippen molar-refractivity contribution in [3.05, 3.63) is 64.2 Å². The topological polar surface area (TPSA) is 63.3 Å². The molecule has 4 heteroatoms. The van der Waals surface area contributed by atoms with Gasteiger partial charge < -0.3 is 10.8 Å². The Kier molecular flexibility index (Phi) is 3.56. The second-order valence-electron chi connectivity index (χ2n) is 3.62. The van der Waals surface area contributed by atoms with Crippen LogP contribution in [0.1, 0.15) is 17.2 Å². The van der Waals surface area contributed by atoms with E-state index in [1.807, 2.05) is 22.9 Å². The van der Waals surface area contributed by atoms with Crippen molar-refractivity contribution in [2.75, 3.05) is 0 Å². The number of hydrogen-bond acceptors (Lipinski definition) is 3. The second kappa shape index (κ2) is 5.12. The van der Waals surface area contributed by atoms with Crippen LogP contribution in [0.5, 0.6) is 0 Å². The molecule has 87 valence electrons. The summed E-state index contributed by atoms with van der Waals surface area (Å²) in [5.41, 5.74) is 7.49. The van der Waals surface area contributed by atoms with Gasteiger partial charge in [0, 0.05) is 0 Å². The number of thiophene rings is 1. The molecule has 1 atom stereocenters. The minimum atomic E-state index is -0.977. The molecule has 17 heavy (non-hydrogen) atoms. The van der Waals surface area contributed by atoms with Gasteiger partial charge in [0.15, 0.2) is 0 Å². The Morgan fingerprint density at radius 1 is 1.24 bits per heavy atom. The quantitative estimate of drug-likeness (QED) is 0.871. The van der Waals surface area contributed by atoms with Crippen molar-refractivity contribution in [1.82, 2.24) is 0 Å². The van der Waals surface area contributed by atoms with Crippen LogP contribution < -0.4 is 5.73 Å². The van der Waals surface area contributed by atoms with Crippen molar-refractivity contribution < 1.29 is 9.90 Å². The van der Waals surface area contributed by atoms with E-state index in [1.54, 1.807) is 24.3 Å². The Balaban J connectivity index is 2.34. The van der Waals surface area contributed by atoms with Crippen LogP contribution in [0.4, 0.5) is 0 Å². The van der Waals surface area contributed by atoms with Gasteiger partial charge >= 0.3 is 5.97 Å². The first-order chi connectivity index (χ1) is 8.20. The molecule has 1 radical (unpaired) electrons. The van der Waals surface area contributed by atoms with Crippen molar-refractivity contribution in [2.45, 2.75) is 6.04 Å². The maximum atomic E-state index is 11.3. The summed E-state index contributed by atoms with van der Waals surface area (Å²) < 4.78 is 0. The van der Waals surface area contributed by atoms with E-state index in [0.29, 0.717) is 5.56 Å². The van der Waals surface area contributed by atoms with Crippen molar-refractivity contribution >= 4 is 17.3 Å². The highest BCUT2D eigenvalue weighted by atomic mass is 32.1. The first-order valence-corrected chi connectivity index (χ1v) is 6.07. The number of aliphatic carboxylic acids is 1. The molecule has 0 spiro atoms. The van der Waals surface area contributed by atoms with E-state index in [4.69, 9.17) is 5.73 Å². The summed E-state index contributed by atoms with van der Waals surface area (Å²) in [5.74, 6) is -0.751. The third-order valence-electron chi connectivity index (χ3n) is 2.53. The Morgan fingerprint density at radius 2 is 1.94 bits per heavy atom. The lowest BCUT2D eigenvalue weighted by atomic mass is 9.89. The SMILES string of the molecule is NC([C](C(=O)O)c1ccccc1)c1ccsc1. The molecule has 0 saturated carbocycles. The molecule has 2 rings (SSSR count). The number of nitrogens with two attached hydrogens (primary N) is 1. The fourth-order valence-corrected chi connectivity index (χ4v) is 2.37. The van der Waals surface area contributed by atoms with Crippen LogP contribution in [0, 0.1) is 5.92 Å². The van der Waals surface area contributed by atoms with Gasteiger partial charge in [-0.15, -0.1) is 0 Å². The van der Waals surface area contributed by atoms with E-state index < -0.39 is 12.0 Å². The molecule has 1 heterocycles. The standard InChI is InChI=1S/C13H12NO2S/c14-12(10-6-7-17-8-10)11(13(15)16)9-4-2-1-3-5-9/h1-8,12H,14H2,(H,15,16). The van der Waals surface area contributed by atoms with Gasteiger partial charge in [-0.25, -0.2) is 0 Å². The van der Waals surface area contributed by atoms with E-state index in [-0.39, 0.29) is 5.92 Å². The molecular formula is C13H12NO2S. The first kappa shape index (κ1) is 11.8. The van der Waals surface area contributed by atoms with Gasteiger partial charge in [0.25, 0.3) is 0 Å². The first-order valence-electron chi connectivity index (χ1n) is 5.13. The van der Waals surface area contributed by atoms with Crippen LogP contribution in [0.2, 0.25) is 0 Å². The summed E-state index contributed by atoms with van der Waals surface area (Å²) in [5, 5.41) is 13.0. The molecular weight excluding hydrogens is 234 g/mol. The summed E-state index contributed by atoms with van der Waals surface area (Å²) in [6.07, 6.45) is 0. The van der Waals surface area contributed by atoms with Gasteiger partial charge in [-0.3, -0.25) is 4.79 Å². The molecule has 3 N–H and O–H groups in total. The smallest absolute Gasteiger partial charge is 0.317 e. The highest BCUT2D eigenvalue weighted by Gasteiger charge is 2.29. The van der Waals surface area contributed by atoms with E-state index in [2.05, 4.69) is 0 Å². The molecule has 0 aliphatic heterocycles. The van der Waals surface area contributed by atoms with Crippen molar-refractivity contribution in [3.63, 3.8) is 0 Å². The lowest BCUT2D eigenvalue weighted by molar-refractivity contribution is -0.134. The van der Waals surface area contributed by atoms with Gasteiger partial charge in [-0.1, -0.05) is 30.3 Å². The fraction of sp³-hybridized carbons (Fsp3) is 0.0769. The minimum absolute atomic E-state index is 0.226. The fourth-order valence-electron chi connectivity index (χ4n) is 1.67. The Labute approximate surface area is 104 Å². The average Bonchev–Trinajstić information content (AvgIpc) is 2.83. The van der Waals surface area contributed by atoms with Crippen molar-refractivity contribution in [3.8, 4) is 0 Å². The average molecular weight is 246 g/mol. The van der Waals surface area contributed by atoms with Crippen molar-refractivity contribution in [2.24, 2.45) is 5.73 Å². The van der Waals surface area contributed by atoms with Crippen LogP contribution in [0.3, 0.4) is 0 Å². The second-order valence-corrected chi connectivity index (χ2v) is 4.40. The lowest BCUT2D eigenvalue weighted by Crippen LogP contribution is -2.26. The molecule has 0 saturated heterocycles. The van der Waals surface area contributed by atoms with E-state index >= 15 is 0 Å². The van der Waals surface area contributed by atoms with Gasteiger partial charge in [0.2, 0.25) is 0 Å². The predicted octanol–water partition coefficient (Wildman–Crippen LogP) is 2.46. The van der Waals surface area contributed by atoms with Crippen molar-refractivity contribution in [1.29, 1.82) is 0 Å². The monoisotopic (exact) mass is 246 g/mol. The van der Waals surface area contributed by atoms with Crippen LogP contribution in [0.25, 0.3) is 0 Å². The number of carbonyl (C=O) groups is 1. The van der Waals surface area contributed by atoms with Crippen LogP contribution in [0.15, 0.2) is 47.2 Å². The maximum absolute atomic E-state index is 11.3.